The molecule has 2 heterocycles. The maximum atomic E-state index is 13.5. The molecule has 11 heteroatoms. The zero-order chi connectivity index (χ0) is 25.5. The molecule has 1 amide bonds. The van der Waals surface area contributed by atoms with Crippen LogP contribution in [0.25, 0.3) is 22.0 Å². The number of halogens is 3. The molecule has 0 aliphatic carbocycles. The Morgan fingerprint density at radius 1 is 1.14 bits per heavy atom. The second kappa shape index (κ2) is 8.90. The van der Waals surface area contributed by atoms with Gasteiger partial charge in [0.25, 0.3) is 5.91 Å². The van der Waals surface area contributed by atoms with Gasteiger partial charge in [-0.3, -0.25) is 14.5 Å². The van der Waals surface area contributed by atoms with Gasteiger partial charge in [-0.2, -0.15) is 17.9 Å². The minimum atomic E-state index is -4.64. The highest BCUT2D eigenvalue weighted by Gasteiger charge is 2.35. The molecular weight excluding hydrogens is 467 g/mol. The van der Waals surface area contributed by atoms with Crippen LogP contribution in [0.5, 0.6) is 0 Å². The van der Waals surface area contributed by atoms with E-state index in [0.29, 0.717) is 10.3 Å². The van der Waals surface area contributed by atoms with E-state index in [1.54, 1.807) is 31.2 Å². The normalized spacial score (nSPS) is 11.7. The fourth-order valence-corrected chi connectivity index (χ4v) is 3.75. The molecule has 35 heavy (non-hydrogen) atoms. The lowest BCUT2D eigenvalue weighted by Crippen LogP contribution is -2.39. The molecule has 0 radical (unpaired) electrons. The van der Waals surface area contributed by atoms with E-state index < -0.39 is 30.3 Å². The maximum absolute atomic E-state index is 13.5. The lowest BCUT2D eigenvalue weighted by atomic mass is 10.1. The molecule has 2 aromatic carbocycles. The lowest BCUT2D eigenvalue weighted by molar-refractivity contribution is -0.584. The molecule has 8 nitrogen and oxygen atoms in total. The quantitative estimate of drug-likeness (QED) is 0.179. The Hall–Kier alpha value is -4.15. The van der Waals surface area contributed by atoms with Crippen LogP contribution in [0.2, 0.25) is 0 Å². The van der Waals surface area contributed by atoms with E-state index in [1.165, 1.54) is 19.1 Å². The first kappa shape index (κ1) is 24.0. The summed E-state index contributed by atoms with van der Waals surface area (Å²) < 4.78 is 51.5. The minimum absolute atomic E-state index is 0.0159. The van der Waals surface area contributed by atoms with Crippen LogP contribution in [0.1, 0.15) is 40.0 Å². The fraction of sp³-hybridized carbons (Fsp3) is 0.250. The van der Waals surface area contributed by atoms with Gasteiger partial charge in [-0.05, 0) is 19.1 Å². The highest BCUT2D eigenvalue weighted by molar-refractivity contribution is 5.94. The van der Waals surface area contributed by atoms with Gasteiger partial charge in [0.1, 0.15) is 16.9 Å². The Labute approximate surface area is 197 Å². The van der Waals surface area contributed by atoms with Crippen LogP contribution in [0, 0.1) is 19.1 Å². The van der Waals surface area contributed by atoms with Crippen molar-refractivity contribution in [3.8, 4) is 0 Å². The van der Waals surface area contributed by atoms with Gasteiger partial charge in [-0.25, -0.2) is 4.98 Å². The van der Waals surface area contributed by atoms with Gasteiger partial charge in [-0.1, -0.05) is 24.3 Å². The fourth-order valence-electron chi connectivity index (χ4n) is 3.75. The zero-order valence-electron chi connectivity index (χ0n) is 19.0. The number of carbonyl (C=O) groups is 2. The molecule has 0 N–H and O–H groups in total. The first-order valence-electron chi connectivity index (χ1n) is 10.5. The second-order valence-corrected chi connectivity index (χ2v) is 7.93. The molecular formula is C24H20F3N3O5. The summed E-state index contributed by atoms with van der Waals surface area (Å²) in [5.74, 6) is -1.36. The first-order valence-corrected chi connectivity index (χ1v) is 10.5. The predicted molar refractivity (Wildman–Crippen MR) is 118 cm³/mol. The van der Waals surface area contributed by atoms with E-state index in [1.807, 2.05) is 0 Å². The number of aromatic nitrogens is 2. The third kappa shape index (κ3) is 4.48. The Morgan fingerprint density at radius 2 is 1.86 bits per heavy atom. The van der Waals surface area contributed by atoms with E-state index in [-0.39, 0.29) is 45.7 Å². The number of hydrogen-bond acceptors (Lipinski definition) is 6. The molecule has 0 atom stereocenters. The summed E-state index contributed by atoms with van der Waals surface area (Å²) in [4.78, 5) is 30.2. The Balaban J connectivity index is 1.78. The van der Waals surface area contributed by atoms with Gasteiger partial charge >= 0.3 is 12.1 Å². The van der Waals surface area contributed by atoms with Crippen LogP contribution in [0.4, 0.5) is 13.2 Å². The topological polar surface area (TPSA) is 99.6 Å². The molecule has 0 aliphatic heterocycles. The van der Waals surface area contributed by atoms with Crippen molar-refractivity contribution in [2.24, 2.45) is 0 Å². The summed E-state index contributed by atoms with van der Waals surface area (Å²) in [6, 6.07) is 10.1. The smallest absolute Gasteiger partial charge is 0.420 e. The van der Waals surface area contributed by atoms with Crippen molar-refractivity contribution in [3.05, 3.63) is 75.9 Å². The molecule has 2 aromatic heterocycles. The van der Waals surface area contributed by atoms with Crippen LogP contribution in [-0.4, -0.2) is 28.5 Å². The van der Waals surface area contributed by atoms with Gasteiger partial charge < -0.3 is 14.4 Å². The maximum Gasteiger partial charge on any atom is 0.420 e. The molecule has 0 aliphatic rings. The summed E-state index contributed by atoms with van der Waals surface area (Å²) in [5.41, 5.74) is -0.530. The van der Waals surface area contributed by atoms with Gasteiger partial charge in [0, 0.05) is 30.9 Å². The number of alkyl halides is 3. The molecule has 182 valence electrons. The number of esters is 1. The van der Waals surface area contributed by atoms with E-state index in [0.717, 1.165) is 17.9 Å². The van der Waals surface area contributed by atoms with Crippen molar-refractivity contribution in [1.29, 1.82) is 0 Å². The third-order valence-corrected chi connectivity index (χ3v) is 5.60. The van der Waals surface area contributed by atoms with Gasteiger partial charge in [-0.15, -0.1) is 0 Å². The number of nitrogens with zero attached hydrogens (tertiary/aromatic N) is 3. The lowest BCUT2D eigenvalue weighted by Gasteiger charge is -2.21. The second-order valence-electron chi connectivity index (χ2n) is 7.93. The SMILES string of the molecule is CC(=O)OCN(Cc1oc2c(C(F)(F)F)cccc2c1C)C(=O)c1nc2ccccc2[n+]([O-])c1C. The highest BCUT2D eigenvalue weighted by Crippen LogP contribution is 2.38. The van der Waals surface area contributed by atoms with E-state index in [2.05, 4.69) is 4.98 Å². The van der Waals surface area contributed by atoms with Crippen LogP contribution < -0.4 is 4.73 Å². The number of aryl methyl sites for hydroxylation is 1. The Bertz CT molecular complexity index is 1460. The largest absolute Gasteiger partial charge is 0.618 e. The summed E-state index contributed by atoms with van der Waals surface area (Å²) >= 11 is 0. The average Bonchev–Trinajstić information content (AvgIpc) is 3.13. The summed E-state index contributed by atoms with van der Waals surface area (Å²) in [6.45, 7) is 3.29. The number of ether oxygens (including phenoxy) is 1. The number of furan rings is 1. The van der Waals surface area contributed by atoms with Crippen LogP contribution in [0.3, 0.4) is 0 Å². The van der Waals surface area contributed by atoms with Crippen LogP contribution >= 0.6 is 0 Å². The van der Waals surface area contributed by atoms with E-state index >= 15 is 0 Å². The molecule has 0 bridgehead atoms. The number of carbonyl (C=O) groups excluding carboxylic acids is 2. The summed E-state index contributed by atoms with van der Waals surface area (Å²) in [5, 5.41) is 12.9. The number of benzene rings is 2. The minimum Gasteiger partial charge on any atom is -0.618 e. The molecule has 4 aromatic rings. The Morgan fingerprint density at radius 3 is 2.54 bits per heavy atom. The van der Waals surface area contributed by atoms with Crippen LogP contribution in [0.15, 0.2) is 46.9 Å². The number of amides is 1. The number of rotatable bonds is 5. The number of para-hydroxylation sites is 3. The zero-order valence-corrected chi connectivity index (χ0v) is 19.0. The van der Waals surface area contributed by atoms with Crippen LogP contribution in [-0.2, 0) is 22.3 Å². The van der Waals surface area contributed by atoms with Crippen molar-refractivity contribution < 1.29 is 36.6 Å². The van der Waals surface area contributed by atoms with E-state index in [4.69, 9.17) is 9.15 Å². The van der Waals surface area contributed by atoms with Crippen molar-refractivity contribution in [2.45, 2.75) is 33.5 Å². The van der Waals surface area contributed by atoms with Gasteiger partial charge in [0.05, 0.1) is 12.1 Å². The van der Waals surface area contributed by atoms with Crippen molar-refractivity contribution in [3.63, 3.8) is 0 Å². The monoisotopic (exact) mass is 487 g/mol. The molecule has 0 saturated carbocycles. The predicted octanol–water partition coefficient (Wildman–Crippen LogP) is 4.41. The van der Waals surface area contributed by atoms with Crippen molar-refractivity contribution >= 4 is 33.9 Å². The average molecular weight is 487 g/mol. The standard InChI is InChI=1S/C24H20F3N3O5/c1-13-16-7-6-8-17(24(25,26)27)22(16)35-20(13)11-29(12-34-15(3)31)23(32)21-14(2)30(33)19-10-5-4-9-18(19)28-21/h4-10H,11-12H2,1-3H3. The van der Waals surface area contributed by atoms with Gasteiger partial charge in [0.2, 0.25) is 11.2 Å². The summed E-state index contributed by atoms with van der Waals surface area (Å²) in [7, 11) is 0. The molecule has 0 spiro atoms. The first-order chi connectivity index (χ1) is 16.5. The van der Waals surface area contributed by atoms with Gasteiger partial charge in [0.15, 0.2) is 12.4 Å². The molecule has 0 fully saturated rings. The highest BCUT2D eigenvalue weighted by atomic mass is 19.4. The third-order valence-electron chi connectivity index (χ3n) is 5.60. The Kier molecular flexibility index (Phi) is 6.10. The molecule has 4 rings (SSSR count). The molecule has 0 saturated heterocycles. The summed E-state index contributed by atoms with van der Waals surface area (Å²) in [6.07, 6.45) is -4.64. The number of fused-ring (bicyclic) bond motifs is 2. The van der Waals surface area contributed by atoms with Crippen molar-refractivity contribution in [2.75, 3.05) is 6.73 Å². The van der Waals surface area contributed by atoms with E-state index in [9.17, 15) is 28.0 Å². The number of hydrogen-bond donors (Lipinski definition) is 0. The van der Waals surface area contributed by atoms with Crippen molar-refractivity contribution in [1.82, 2.24) is 9.88 Å². The molecule has 0 unspecified atom stereocenters.